The van der Waals surface area contributed by atoms with Gasteiger partial charge in [-0.3, -0.25) is 9.78 Å². The SMILES string of the molecule is CC(=O)c1cc(Oc2ccc(NC(=O)Nc3ccc(Cl)c(C(F)(F)F)c3)cc2)ccn1. The van der Waals surface area contributed by atoms with Crippen molar-refractivity contribution in [1.29, 1.82) is 0 Å². The number of aromatic nitrogens is 1. The second-order valence-electron chi connectivity index (χ2n) is 6.33. The van der Waals surface area contributed by atoms with Crippen molar-refractivity contribution in [3.05, 3.63) is 77.1 Å². The minimum absolute atomic E-state index is 0.0619. The molecular formula is C21H15ClF3N3O3. The first-order chi connectivity index (χ1) is 14.6. The number of halogens is 4. The number of alkyl halides is 3. The molecule has 0 spiro atoms. The van der Waals surface area contributed by atoms with Crippen LogP contribution in [-0.2, 0) is 6.18 Å². The average Bonchev–Trinajstić information content (AvgIpc) is 2.70. The van der Waals surface area contributed by atoms with Crippen LogP contribution in [0.3, 0.4) is 0 Å². The zero-order valence-electron chi connectivity index (χ0n) is 16.0. The molecule has 3 aromatic rings. The van der Waals surface area contributed by atoms with E-state index >= 15 is 0 Å². The Morgan fingerprint density at radius 3 is 2.23 bits per heavy atom. The van der Waals surface area contributed by atoms with Crippen LogP contribution in [-0.4, -0.2) is 16.8 Å². The Morgan fingerprint density at radius 2 is 1.58 bits per heavy atom. The minimum Gasteiger partial charge on any atom is -0.457 e. The number of benzene rings is 2. The first-order valence-corrected chi connectivity index (χ1v) is 9.19. The normalized spacial score (nSPS) is 11.0. The van der Waals surface area contributed by atoms with E-state index in [0.29, 0.717) is 17.2 Å². The number of ketones is 1. The van der Waals surface area contributed by atoms with Crippen molar-refractivity contribution in [2.45, 2.75) is 13.1 Å². The van der Waals surface area contributed by atoms with Crippen LogP contribution in [0.15, 0.2) is 60.8 Å². The molecule has 31 heavy (non-hydrogen) atoms. The monoisotopic (exact) mass is 449 g/mol. The molecule has 0 aliphatic heterocycles. The van der Waals surface area contributed by atoms with E-state index in [4.69, 9.17) is 16.3 Å². The lowest BCUT2D eigenvalue weighted by Gasteiger charge is -2.12. The van der Waals surface area contributed by atoms with Crippen LogP contribution < -0.4 is 15.4 Å². The number of rotatable bonds is 5. The van der Waals surface area contributed by atoms with Gasteiger partial charge >= 0.3 is 12.2 Å². The van der Waals surface area contributed by atoms with E-state index in [0.717, 1.165) is 12.1 Å². The number of amides is 2. The minimum atomic E-state index is -4.64. The van der Waals surface area contributed by atoms with Gasteiger partial charge in [-0.25, -0.2) is 4.79 Å². The zero-order valence-corrected chi connectivity index (χ0v) is 16.7. The summed E-state index contributed by atoms with van der Waals surface area (Å²) in [6, 6.07) is 11.7. The number of pyridine rings is 1. The highest BCUT2D eigenvalue weighted by molar-refractivity contribution is 6.31. The largest absolute Gasteiger partial charge is 0.457 e. The molecule has 0 radical (unpaired) electrons. The highest BCUT2D eigenvalue weighted by Crippen LogP contribution is 2.36. The van der Waals surface area contributed by atoms with E-state index in [1.165, 1.54) is 25.3 Å². The molecule has 0 saturated heterocycles. The maximum absolute atomic E-state index is 12.9. The number of carbonyl (C=O) groups excluding carboxylic acids is 2. The van der Waals surface area contributed by atoms with E-state index in [1.807, 2.05) is 0 Å². The second kappa shape index (κ2) is 9.05. The van der Waals surface area contributed by atoms with Crippen molar-refractivity contribution in [3.8, 4) is 11.5 Å². The number of carbonyl (C=O) groups is 2. The van der Waals surface area contributed by atoms with Crippen molar-refractivity contribution >= 4 is 34.8 Å². The molecule has 2 amide bonds. The van der Waals surface area contributed by atoms with Gasteiger partial charge in [0.2, 0.25) is 0 Å². The predicted molar refractivity (Wildman–Crippen MR) is 110 cm³/mol. The predicted octanol–water partition coefficient (Wildman–Crippen LogP) is 6.39. The van der Waals surface area contributed by atoms with Crippen molar-refractivity contribution in [2.75, 3.05) is 10.6 Å². The van der Waals surface area contributed by atoms with Crippen LogP contribution in [0, 0.1) is 0 Å². The van der Waals surface area contributed by atoms with Crippen LogP contribution in [0.4, 0.5) is 29.3 Å². The average molecular weight is 450 g/mol. The third-order valence-electron chi connectivity index (χ3n) is 3.97. The van der Waals surface area contributed by atoms with Crippen molar-refractivity contribution < 1.29 is 27.5 Å². The summed E-state index contributed by atoms with van der Waals surface area (Å²) < 4.78 is 44.4. The Bertz CT molecular complexity index is 1120. The third kappa shape index (κ3) is 5.95. The summed E-state index contributed by atoms with van der Waals surface area (Å²) in [5.41, 5.74) is -0.456. The summed E-state index contributed by atoms with van der Waals surface area (Å²) in [5, 5.41) is 4.37. The highest BCUT2D eigenvalue weighted by atomic mass is 35.5. The van der Waals surface area contributed by atoms with Gasteiger partial charge in [-0.1, -0.05) is 11.6 Å². The topological polar surface area (TPSA) is 80.3 Å². The Kier molecular flexibility index (Phi) is 6.45. The Balaban J connectivity index is 1.63. The molecule has 1 heterocycles. The fourth-order valence-corrected chi connectivity index (χ4v) is 2.75. The van der Waals surface area contributed by atoms with E-state index in [2.05, 4.69) is 15.6 Å². The number of hydrogen-bond donors (Lipinski definition) is 2. The van der Waals surface area contributed by atoms with E-state index in [-0.39, 0.29) is 17.2 Å². The molecule has 0 unspecified atom stereocenters. The highest BCUT2D eigenvalue weighted by Gasteiger charge is 2.33. The molecule has 0 saturated carbocycles. The summed E-state index contributed by atoms with van der Waals surface area (Å²) in [6.45, 7) is 1.39. The number of urea groups is 1. The first kappa shape index (κ1) is 22.1. The fraction of sp³-hybridized carbons (Fsp3) is 0.0952. The molecule has 3 rings (SSSR count). The molecule has 0 aliphatic carbocycles. The van der Waals surface area contributed by atoms with Crippen LogP contribution in [0.2, 0.25) is 5.02 Å². The molecule has 10 heteroatoms. The lowest BCUT2D eigenvalue weighted by molar-refractivity contribution is -0.137. The summed E-state index contributed by atoms with van der Waals surface area (Å²) in [4.78, 5) is 27.4. The summed E-state index contributed by atoms with van der Waals surface area (Å²) in [6.07, 6.45) is -3.19. The van der Waals surface area contributed by atoms with Crippen molar-refractivity contribution in [1.82, 2.24) is 4.98 Å². The van der Waals surface area contributed by atoms with Crippen LogP contribution >= 0.6 is 11.6 Å². The standard InChI is InChI=1S/C21H15ClF3N3O3/c1-12(29)19-11-16(8-9-26-19)31-15-5-2-13(3-6-15)27-20(30)28-14-4-7-18(22)17(10-14)21(23,24)25/h2-11H,1H3,(H2,27,28,30). The number of Topliss-reactive ketones (excluding diaryl/α,β-unsaturated/α-hetero) is 1. The van der Waals surface area contributed by atoms with Gasteiger partial charge < -0.3 is 15.4 Å². The molecule has 0 fully saturated rings. The maximum atomic E-state index is 12.9. The summed E-state index contributed by atoms with van der Waals surface area (Å²) in [5.74, 6) is 0.667. The molecule has 0 atom stereocenters. The second-order valence-corrected chi connectivity index (χ2v) is 6.74. The van der Waals surface area contributed by atoms with Gasteiger partial charge in [-0.2, -0.15) is 13.2 Å². The van der Waals surface area contributed by atoms with Crippen molar-refractivity contribution in [2.24, 2.45) is 0 Å². The van der Waals surface area contributed by atoms with Crippen LogP contribution in [0.5, 0.6) is 11.5 Å². The Hall–Kier alpha value is -3.59. The molecule has 0 aliphatic rings. The van der Waals surface area contributed by atoms with Gasteiger partial charge in [0.1, 0.15) is 17.2 Å². The quantitative estimate of drug-likeness (QED) is 0.442. The fourth-order valence-electron chi connectivity index (χ4n) is 2.52. The number of nitrogens with zero attached hydrogens (tertiary/aromatic N) is 1. The lowest BCUT2D eigenvalue weighted by atomic mass is 10.2. The molecule has 2 N–H and O–H groups in total. The number of hydrogen-bond acceptors (Lipinski definition) is 4. The molecule has 6 nitrogen and oxygen atoms in total. The first-order valence-electron chi connectivity index (χ1n) is 8.81. The third-order valence-corrected chi connectivity index (χ3v) is 4.30. The number of ether oxygens (including phenoxy) is 1. The summed E-state index contributed by atoms with van der Waals surface area (Å²) in [7, 11) is 0. The van der Waals surface area contributed by atoms with E-state index < -0.39 is 22.8 Å². The molecule has 160 valence electrons. The van der Waals surface area contributed by atoms with Gasteiger partial charge in [-0.15, -0.1) is 0 Å². The van der Waals surface area contributed by atoms with Gasteiger partial charge in [0, 0.05) is 30.6 Å². The van der Waals surface area contributed by atoms with E-state index in [1.54, 1.807) is 30.3 Å². The van der Waals surface area contributed by atoms with Gasteiger partial charge in [0.05, 0.1) is 10.6 Å². The van der Waals surface area contributed by atoms with Crippen LogP contribution in [0.25, 0.3) is 0 Å². The molecular weight excluding hydrogens is 435 g/mol. The van der Waals surface area contributed by atoms with Gasteiger partial charge in [0.15, 0.2) is 5.78 Å². The molecule has 0 bridgehead atoms. The lowest BCUT2D eigenvalue weighted by Crippen LogP contribution is -2.19. The van der Waals surface area contributed by atoms with E-state index in [9.17, 15) is 22.8 Å². The Morgan fingerprint density at radius 1 is 0.935 bits per heavy atom. The maximum Gasteiger partial charge on any atom is 0.417 e. The Labute approximate surface area is 180 Å². The van der Waals surface area contributed by atoms with Crippen molar-refractivity contribution in [3.63, 3.8) is 0 Å². The van der Waals surface area contributed by atoms with Gasteiger partial charge in [0.25, 0.3) is 0 Å². The smallest absolute Gasteiger partial charge is 0.417 e. The number of nitrogens with one attached hydrogen (secondary N) is 2. The zero-order chi connectivity index (χ0) is 22.6. The molecule has 1 aromatic heterocycles. The summed E-state index contributed by atoms with van der Waals surface area (Å²) >= 11 is 5.56. The van der Waals surface area contributed by atoms with Gasteiger partial charge in [-0.05, 0) is 48.5 Å². The van der Waals surface area contributed by atoms with Crippen LogP contribution in [0.1, 0.15) is 23.0 Å². The number of anilines is 2. The molecule has 2 aromatic carbocycles.